The van der Waals surface area contributed by atoms with Gasteiger partial charge in [-0.15, -0.1) is 0 Å². The smallest absolute Gasteiger partial charge is 0.0698 e. The summed E-state index contributed by atoms with van der Waals surface area (Å²) in [4.78, 5) is 2.27. The molecule has 1 aliphatic rings. The van der Waals surface area contributed by atoms with E-state index >= 15 is 0 Å². The SMILES string of the molecule is NCC1c2cccc(Cl)c2CN1CCOCCO. The number of benzene rings is 1. The summed E-state index contributed by atoms with van der Waals surface area (Å²) in [6.07, 6.45) is 0. The Bertz CT molecular complexity index is 401. The summed E-state index contributed by atoms with van der Waals surface area (Å²) in [7, 11) is 0. The van der Waals surface area contributed by atoms with Gasteiger partial charge in [0.2, 0.25) is 0 Å². The average molecular weight is 271 g/mol. The van der Waals surface area contributed by atoms with Gasteiger partial charge in [0.1, 0.15) is 0 Å². The number of nitrogens with two attached hydrogens (primary N) is 1. The number of ether oxygens (including phenoxy) is 1. The van der Waals surface area contributed by atoms with E-state index in [1.165, 1.54) is 11.1 Å². The van der Waals surface area contributed by atoms with Crippen LogP contribution in [0.25, 0.3) is 0 Å². The number of hydrogen-bond acceptors (Lipinski definition) is 4. The zero-order valence-electron chi connectivity index (χ0n) is 10.3. The molecular formula is C13H19ClN2O2. The molecule has 0 aliphatic carbocycles. The van der Waals surface area contributed by atoms with Crippen LogP contribution in [0.4, 0.5) is 0 Å². The number of halogens is 1. The molecule has 3 N–H and O–H groups in total. The van der Waals surface area contributed by atoms with Gasteiger partial charge in [0.15, 0.2) is 0 Å². The van der Waals surface area contributed by atoms with Gasteiger partial charge in [-0.3, -0.25) is 4.90 Å². The van der Waals surface area contributed by atoms with Crippen LogP contribution in [0, 0.1) is 0 Å². The van der Waals surface area contributed by atoms with Crippen LogP contribution in [0.2, 0.25) is 5.02 Å². The van der Waals surface area contributed by atoms with Crippen LogP contribution < -0.4 is 5.73 Å². The van der Waals surface area contributed by atoms with Gasteiger partial charge >= 0.3 is 0 Å². The van der Waals surface area contributed by atoms with Gasteiger partial charge in [0.05, 0.1) is 19.8 Å². The summed E-state index contributed by atoms with van der Waals surface area (Å²) in [6, 6.07) is 6.19. The predicted molar refractivity (Wildman–Crippen MR) is 71.6 cm³/mol. The van der Waals surface area contributed by atoms with Crippen molar-refractivity contribution in [3.05, 3.63) is 34.3 Å². The maximum atomic E-state index is 8.66. The minimum atomic E-state index is 0.0619. The molecule has 0 bridgehead atoms. The van der Waals surface area contributed by atoms with E-state index in [0.717, 1.165) is 18.1 Å². The second-order valence-electron chi connectivity index (χ2n) is 4.37. The molecule has 0 spiro atoms. The number of aliphatic hydroxyl groups is 1. The Morgan fingerprint density at radius 1 is 1.44 bits per heavy atom. The van der Waals surface area contributed by atoms with Crippen LogP contribution >= 0.6 is 11.6 Å². The largest absolute Gasteiger partial charge is 0.394 e. The number of fused-ring (bicyclic) bond motifs is 1. The van der Waals surface area contributed by atoms with E-state index in [1.54, 1.807) is 0 Å². The fourth-order valence-corrected chi connectivity index (χ4v) is 2.67. The van der Waals surface area contributed by atoms with Gasteiger partial charge in [0.25, 0.3) is 0 Å². The molecule has 5 heteroatoms. The summed E-state index contributed by atoms with van der Waals surface area (Å²) >= 11 is 6.21. The van der Waals surface area contributed by atoms with Crippen LogP contribution in [-0.4, -0.2) is 42.9 Å². The van der Waals surface area contributed by atoms with Crippen LogP contribution in [0.1, 0.15) is 17.2 Å². The zero-order valence-corrected chi connectivity index (χ0v) is 11.1. The van der Waals surface area contributed by atoms with Crippen molar-refractivity contribution in [1.82, 2.24) is 4.90 Å². The van der Waals surface area contributed by atoms with E-state index in [2.05, 4.69) is 11.0 Å². The highest BCUT2D eigenvalue weighted by Crippen LogP contribution is 2.36. The van der Waals surface area contributed by atoms with Crippen molar-refractivity contribution in [1.29, 1.82) is 0 Å². The lowest BCUT2D eigenvalue weighted by atomic mass is 10.1. The van der Waals surface area contributed by atoms with Gasteiger partial charge in [-0.2, -0.15) is 0 Å². The lowest BCUT2D eigenvalue weighted by Gasteiger charge is -2.23. The molecule has 100 valence electrons. The standard InChI is InChI=1S/C13H19ClN2O2/c14-12-3-1-2-10-11(12)9-16(13(10)8-15)4-6-18-7-5-17/h1-3,13,17H,4-9,15H2. The summed E-state index contributed by atoms with van der Waals surface area (Å²) in [5, 5.41) is 9.47. The Labute approximate surface area is 112 Å². The van der Waals surface area contributed by atoms with E-state index in [4.69, 9.17) is 27.2 Å². The Hall–Kier alpha value is -0.650. The summed E-state index contributed by atoms with van der Waals surface area (Å²) < 4.78 is 5.30. The molecule has 1 aromatic rings. The molecule has 1 aliphatic heterocycles. The highest BCUT2D eigenvalue weighted by atomic mass is 35.5. The highest BCUT2D eigenvalue weighted by Gasteiger charge is 2.29. The van der Waals surface area contributed by atoms with E-state index in [0.29, 0.717) is 19.8 Å². The minimum Gasteiger partial charge on any atom is -0.394 e. The van der Waals surface area contributed by atoms with Crippen molar-refractivity contribution < 1.29 is 9.84 Å². The lowest BCUT2D eigenvalue weighted by Crippen LogP contribution is -2.31. The molecule has 0 amide bonds. The quantitative estimate of drug-likeness (QED) is 0.762. The van der Waals surface area contributed by atoms with E-state index in [9.17, 15) is 0 Å². The van der Waals surface area contributed by atoms with E-state index in [-0.39, 0.29) is 12.6 Å². The van der Waals surface area contributed by atoms with Gasteiger partial charge in [-0.1, -0.05) is 23.7 Å². The second-order valence-corrected chi connectivity index (χ2v) is 4.77. The molecule has 0 radical (unpaired) electrons. The summed E-state index contributed by atoms with van der Waals surface area (Å²) in [5.74, 6) is 0. The van der Waals surface area contributed by atoms with Crippen LogP contribution in [0.3, 0.4) is 0 Å². The van der Waals surface area contributed by atoms with Crippen molar-refractivity contribution in [2.24, 2.45) is 5.73 Å². The third kappa shape index (κ3) is 2.84. The summed E-state index contributed by atoms with van der Waals surface area (Å²) in [5.41, 5.74) is 8.26. The molecule has 2 rings (SSSR count). The molecule has 1 atom stereocenters. The first kappa shape index (κ1) is 13.8. The first-order valence-corrected chi connectivity index (χ1v) is 6.55. The first-order chi connectivity index (χ1) is 8.77. The Balaban J connectivity index is 2.01. The molecule has 0 saturated carbocycles. The molecule has 1 unspecified atom stereocenters. The fourth-order valence-electron chi connectivity index (χ4n) is 2.42. The lowest BCUT2D eigenvalue weighted by molar-refractivity contribution is 0.0657. The van der Waals surface area contributed by atoms with Gasteiger partial charge < -0.3 is 15.6 Å². The fraction of sp³-hybridized carbons (Fsp3) is 0.538. The van der Waals surface area contributed by atoms with E-state index in [1.807, 2.05) is 12.1 Å². The molecular weight excluding hydrogens is 252 g/mol. The summed E-state index contributed by atoms with van der Waals surface area (Å²) in [6.45, 7) is 3.24. The minimum absolute atomic E-state index is 0.0619. The molecule has 0 fully saturated rings. The normalized spacial score (nSPS) is 19.2. The monoisotopic (exact) mass is 270 g/mol. The molecule has 4 nitrogen and oxygen atoms in total. The number of hydrogen-bond donors (Lipinski definition) is 2. The number of nitrogens with zero attached hydrogens (tertiary/aromatic N) is 1. The molecule has 1 heterocycles. The van der Waals surface area contributed by atoms with Crippen molar-refractivity contribution in [2.75, 3.05) is 32.9 Å². The van der Waals surface area contributed by atoms with Crippen LogP contribution in [0.15, 0.2) is 18.2 Å². The van der Waals surface area contributed by atoms with Crippen LogP contribution in [0.5, 0.6) is 0 Å². The predicted octanol–water partition coefficient (Wildman–Crippen LogP) is 1.16. The van der Waals surface area contributed by atoms with Gasteiger partial charge in [-0.25, -0.2) is 0 Å². The maximum Gasteiger partial charge on any atom is 0.0698 e. The molecule has 18 heavy (non-hydrogen) atoms. The number of rotatable bonds is 6. The Morgan fingerprint density at radius 2 is 2.28 bits per heavy atom. The highest BCUT2D eigenvalue weighted by molar-refractivity contribution is 6.31. The Kier molecular flexibility index (Phi) is 4.97. The van der Waals surface area contributed by atoms with Crippen molar-refractivity contribution in [3.63, 3.8) is 0 Å². The van der Waals surface area contributed by atoms with Gasteiger partial charge in [0, 0.05) is 30.7 Å². The number of aliphatic hydroxyl groups excluding tert-OH is 1. The average Bonchev–Trinajstić information content (AvgIpc) is 2.74. The van der Waals surface area contributed by atoms with Crippen LogP contribution in [-0.2, 0) is 11.3 Å². The first-order valence-electron chi connectivity index (χ1n) is 6.18. The van der Waals surface area contributed by atoms with E-state index < -0.39 is 0 Å². The zero-order chi connectivity index (χ0) is 13.0. The Morgan fingerprint density at radius 3 is 3.00 bits per heavy atom. The maximum absolute atomic E-state index is 8.66. The second kappa shape index (κ2) is 6.50. The third-order valence-corrected chi connectivity index (χ3v) is 3.65. The van der Waals surface area contributed by atoms with Crippen molar-refractivity contribution in [3.8, 4) is 0 Å². The van der Waals surface area contributed by atoms with Crippen molar-refractivity contribution >= 4 is 11.6 Å². The topological polar surface area (TPSA) is 58.7 Å². The molecule has 1 aromatic carbocycles. The molecule has 0 saturated heterocycles. The third-order valence-electron chi connectivity index (χ3n) is 3.30. The van der Waals surface area contributed by atoms with Gasteiger partial charge in [-0.05, 0) is 17.2 Å². The molecule has 0 aromatic heterocycles. The van der Waals surface area contributed by atoms with Crippen molar-refractivity contribution in [2.45, 2.75) is 12.6 Å².